The van der Waals surface area contributed by atoms with E-state index in [0.717, 1.165) is 12.2 Å². The molecule has 0 aromatic carbocycles. The van der Waals surface area contributed by atoms with Gasteiger partial charge < -0.3 is 4.74 Å². The largest absolute Gasteiger partial charge is 0.462 e. The second-order valence-electron chi connectivity index (χ2n) is 3.44. The maximum atomic E-state index is 11.4. The summed E-state index contributed by atoms with van der Waals surface area (Å²) >= 11 is 1.79. The first-order valence-corrected chi connectivity index (χ1v) is 5.76. The van der Waals surface area contributed by atoms with Crippen LogP contribution in [0.2, 0.25) is 0 Å². The number of carbonyl (C=O) groups is 1. The molecule has 13 heavy (non-hydrogen) atoms. The number of ether oxygens (including phenoxy) is 1. The molecular formula is C9H17NO2S. The first kappa shape index (κ1) is 10.9. The van der Waals surface area contributed by atoms with Gasteiger partial charge in [0.1, 0.15) is 6.04 Å². The molecule has 0 saturated carbocycles. The summed E-state index contributed by atoms with van der Waals surface area (Å²) in [6, 6.07) is -0.0997. The normalized spacial score (nSPS) is 28.0. The molecule has 0 radical (unpaired) electrons. The average molecular weight is 203 g/mol. The van der Waals surface area contributed by atoms with E-state index in [1.807, 2.05) is 13.8 Å². The molecule has 3 nitrogen and oxygen atoms in total. The molecule has 1 fully saturated rings. The quantitative estimate of drug-likeness (QED) is 0.703. The lowest BCUT2D eigenvalue weighted by Crippen LogP contribution is -2.38. The Kier molecular flexibility index (Phi) is 4.06. The molecule has 2 atom stereocenters. The third-order valence-corrected chi connectivity index (χ3v) is 3.26. The minimum atomic E-state index is -0.113. The van der Waals surface area contributed by atoms with Crippen LogP contribution < -0.4 is 5.32 Å². The Morgan fingerprint density at radius 1 is 1.69 bits per heavy atom. The van der Waals surface area contributed by atoms with E-state index in [0.29, 0.717) is 5.37 Å². The van der Waals surface area contributed by atoms with Gasteiger partial charge in [-0.15, -0.1) is 11.8 Å². The van der Waals surface area contributed by atoms with E-state index in [9.17, 15) is 4.79 Å². The van der Waals surface area contributed by atoms with Crippen molar-refractivity contribution in [3.8, 4) is 0 Å². The summed E-state index contributed by atoms with van der Waals surface area (Å²) in [6.45, 7) is 5.86. The number of rotatable bonds is 3. The van der Waals surface area contributed by atoms with Gasteiger partial charge in [-0.2, -0.15) is 0 Å². The Morgan fingerprint density at radius 3 is 2.85 bits per heavy atom. The highest BCUT2D eigenvalue weighted by Gasteiger charge is 2.29. The summed E-state index contributed by atoms with van der Waals surface area (Å²) in [5.41, 5.74) is 0. The van der Waals surface area contributed by atoms with Crippen LogP contribution in [-0.2, 0) is 9.53 Å². The second kappa shape index (κ2) is 4.86. The zero-order valence-corrected chi connectivity index (χ0v) is 9.19. The first-order chi connectivity index (χ1) is 6.13. The number of hydrogen-bond acceptors (Lipinski definition) is 4. The number of nitrogens with one attached hydrogen (secondary N) is 1. The summed E-state index contributed by atoms with van der Waals surface area (Å²) in [4.78, 5) is 11.4. The van der Waals surface area contributed by atoms with Crippen LogP contribution in [0.15, 0.2) is 0 Å². The van der Waals surface area contributed by atoms with Gasteiger partial charge in [-0.1, -0.05) is 6.92 Å². The number of carbonyl (C=O) groups excluding carboxylic acids is 1. The lowest BCUT2D eigenvalue weighted by molar-refractivity contribution is -0.149. The Bertz CT molecular complexity index is 184. The number of esters is 1. The molecule has 1 heterocycles. The molecule has 1 rings (SSSR count). The molecule has 0 amide bonds. The summed E-state index contributed by atoms with van der Waals surface area (Å²) in [7, 11) is 0. The zero-order chi connectivity index (χ0) is 9.84. The van der Waals surface area contributed by atoms with Gasteiger partial charge in [0.05, 0.1) is 11.5 Å². The van der Waals surface area contributed by atoms with E-state index in [4.69, 9.17) is 4.74 Å². The van der Waals surface area contributed by atoms with Crippen LogP contribution in [0, 0.1) is 0 Å². The fourth-order valence-corrected chi connectivity index (χ4v) is 2.37. The predicted molar refractivity (Wildman–Crippen MR) is 54.7 cm³/mol. The maximum absolute atomic E-state index is 11.4. The molecule has 4 heteroatoms. The van der Waals surface area contributed by atoms with E-state index in [1.54, 1.807) is 11.8 Å². The van der Waals surface area contributed by atoms with Gasteiger partial charge in [-0.05, 0) is 20.3 Å². The van der Waals surface area contributed by atoms with Crippen molar-refractivity contribution in [2.45, 2.75) is 44.7 Å². The molecule has 0 aliphatic carbocycles. The molecule has 1 aliphatic heterocycles. The minimum absolute atomic E-state index is 0.0139. The minimum Gasteiger partial charge on any atom is -0.462 e. The van der Waals surface area contributed by atoms with Crippen molar-refractivity contribution in [1.29, 1.82) is 0 Å². The van der Waals surface area contributed by atoms with Crippen molar-refractivity contribution in [3.05, 3.63) is 0 Å². The van der Waals surface area contributed by atoms with Gasteiger partial charge in [0.25, 0.3) is 0 Å². The molecule has 1 aliphatic rings. The fourth-order valence-electron chi connectivity index (χ4n) is 1.22. The highest BCUT2D eigenvalue weighted by atomic mass is 32.2. The highest BCUT2D eigenvalue weighted by Crippen LogP contribution is 2.21. The topological polar surface area (TPSA) is 38.3 Å². The van der Waals surface area contributed by atoms with E-state index in [-0.39, 0.29) is 18.1 Å². The Labute approximate surface area is 83.6 Å². The molecule has 0 bridgehead atoms. The van der Waals surface area contributed by atoms with Crippen molar-refractivity contribution in [3.63, 3.8) is 0 Å². The van der Waals surface area contributed by atoms with Crippen LogP contribution in [0.4, 0.5) is 0 Å². The summed E-state index contributed by atoms with van der Waals surface area (Å²) < 4.78 is 5.11. The van der Waals surface area contributed by atoms with Gasteiger partial charge in [-0.25, -0.2) is 0 Å². The second-order valence-corrected chi connectivity index (χ2v) is 4.67. The van der Waals surface area contributed by atoms with E-state index in [1.165, 1.54) is 0 Å². The number of hydrogen-bond donors (Lipinski definition) is 1. The standard InChI is InChI=1S/C9H17NO2S/c1-4-8-10-7(5-13-8)9(11)12-6(2)3/h6-8,10H,4-5H2,1-3H3/t7-,8-/m0/s1. The van der Waals surface area contributed by atoms with Crippen molar-refractivity contribution in [2.75, 3.05) is 5.75 Å². The Balaban J connectivity index is 2.33. The Morgan fingerprint density at radius 2 is 2.38 bits per heavy atom. The zero-order valence-electron chi connectivity index (χ0n) is 8.37. The summed E-state index contributed by atoms with van der Waals surface area (Å²) in [6.07, 6.45) is 1.04. The molecule has 0 aromatic heterocycles. The lowest BCUT2D eigenvalue weighted by atomic mass is 10.3. The molecule has 1 N–H and O–H groups in total. The third kappa shape index (κ3) is 3.19. The van der Waals surface area contributed by atoms with Crippen molar-refractivity contribution in [1.82, 2.24) is 5.32 Å². The van der Waals surface area contributed by atoms with E-state index < -0.39 is 0 Å². The molecule has 0 aromatic rings. The molecule has 1 saturated heterocycles. The summed E-state index contributed by atoms with van der Waals surface area (Å²) in [5.74, 6) is 0.725. The van der Waals surface area contributed by atoms with Gasteiger partial charge in [-0.3, -0.25) is 10.1 Å². The van der Waals surface area contributed by atoms with Gasteiger partial charge in [0.2, 0.25) is 0 Å². The van der Waals surface area contributed by atoms with Crippen LogP contribution in [0.5, 0.6) is 0 Å². The van der Waals surface area contributed by atoms with Gasteiger partial charge in [0, 0.05) is 5.75 Å². The average Bonchev–Trinajstić information content (AvgIpc) is 2.50. The predicted octanol–water partition coefficient (Wildman–Crippen LogP) is 1.38. The summed E-state index contributed by atoms with van der Waals surface area (Å²) in [5, 5.41) is 3.66. The smallest absolute Gasteiger partial charge is 0.324 e. The first-order valence-electron chi connectivity index (χ1n) is 4.71. The number of thioether (sulfide) groups is 1. The van der Waals surface area contributed by atoms with E-state index >= 15 is 0 Å². The lowest BCUT2D eigenvalue weighted by Gasteiger charge is -2.13. The Hall–Kier alpha value is -0.220. The van der Waals surface area contributed by atoms with Crippen molar-refractivity contribution < 1.29 is 9.53 Å². The van der Waals surface area contributed by atoms with Crippen molar-refractivity contribution >= 4 is 17.7 Å². The SMILES string of the molecule is CC[C@H]1N[C@H](C(=O)OC(C)C)CS1. The highest BCUT2D eigenvalue weighted by molar-refractivity contribution is 8.00. The molecular weight excluding hydrogens is 186 g/mol. The van der Waals surface area contributed by atoms with Crippen LogP contribution in [0.3, 0.4) is 0 Å². The van der Waals surface area contributed by atoms with Crippen LogP contribution in [0.1, 0.15) is 27.2 Å². The van der Waals surface area contributed by atoms with E-state index in [2.05, 4.69) is 12.2 Å². The molecule has 76 valence electrons. The van der Waals surface area contributed by atoms with Crippen LogP contribution in [0.25, 0.3) is 0 Å². The van der Waals surface area contributed by atoms with Crippen molar-refractivity contribution in [2.24, 2.45) is 0 Å². The fraction of sp³-hybridized carbons (Fsp3) is 0.889. The molecule has 0 unspecified atom stereocenters. The maximum Gasteiger partial charge on any atom is 0.324 e. The molecule has 0 spiro atoms. The third-order valence-electron chi connectivity index (χ3n) is 1.86. The monoisotopic (exact) mass is 203 g/mol. The van der Waals surface area contributed by atoms with Gasteiger partial charge >= 0.3 is 5.97 Å². The van der Waals surface area contributed by atoms with Crippen LogP contribution in [-0.4, -0.2) is 29.2 Å². The van der Waals surface area contributed by atoms with Crippen LogP contribution >= 0.6 is 11.8 Å². The van der Waals surface area contributed by atoms with Gasteiger partial charge in [0.15, 0.2) is 0 Å².